The summed E-state index contributed by atoms with van der Waals surface area (Å²) in [6, 6.07) is 8.34. The number of anilines is 1. The summed E-state index contributed by atoms with van der Waals surface area (Å²) >= 11 is 0. The standard InChI is InChI=1S/C22H20N2O6/c1-4-30-18-8-6-14(21(27)28)10-15(18)11-17-19(25)23-22(29)24(20(17)26)16-7-5-12(2)13(3)9-16/h5-11H,4H2,1-3H3,(H,27,28)(H,23,25,29)/b17-11-. The summed E-state index contributed by atoms with van der Waals surface area (Å²) < 4.78 is 5.48. The lowest BCUT2D eigenvalue weighted by molar-refractivity contribution is -0.122. The van der Waals surface area contributed by atoms with E-state index in [9.17, 15) is 24.3 Å². The van der Waals surface area contributed by atoms with E-state index in [0.29, 0.717) is 18.0 Å². The molecule has 154 valence electrons. The third-order valence-corrected chi connectivity index (χ3v) is 4.71. The highest BCUT2D eigenvalue weighted by Crippen LogP contribution is 2.27. The highest BCUT2D eigenvalue weighted by atomic mass is 16.5. The molecule has 0 radical (unpaired) electrons. The van der Waals surface area contributed by atoms with Crippen LogP contribution in [-0.2, 0) is 9.59 Å². The molecule has 0 spiro atoms. The van der Waals surface area contributed by atoms with Crippen LogP contribution in [0.5, 0.6) is 5.75 Å². The number of aryl methyl sites for hydroxylation is 2. The fourth-order valence-corrected chi connectivity index (χ4v) is 2.99. The number of carboxylic acids is 1. The number of carbonyl (C=O) groups is 4. The zero-order valence-corrected chi connectivity index (χ0v) is 16.7. The van der Waals surface area contributed by atoms with Gasteiger partial charge in [0.15, 0.2) is 0 Å². The number of aromatic carboxylic acids is 1. The molecule has 1 aliphatic rings. The SMILES string of the molecule is CCOc1ccc(C(=O)O)cc1/C=C1/C(=O)NC(=O)N(c2ccc(C)c(C)c2)C1=O. The quantitative estimate of drug-likeness (QED) is 0.581. The molecule has 0 saturated carbocycles. The highest BCUT2D eigenvalue weighted by Gasteiger charge is 2.37. The number of nitrogens with one attached hydrogen (secondary N) is 1. The number of ether oxygens (including phenoxy) is 1. The van der Waals surface area contributed by atoms with E-state index in [0.717, 1.165) is 16.0 Å². The van der Waals surface area contributed by atoms with Crippen molar-refractivity contribution in [1.29, 1.82) is 0 Å². The number of barbiturate groups is 1. The van der Waals surface area contributed by atoms with Crippen molar-refractivity contribution in [3.05, 3.63) is 64.2 Å². The molecule has 8 heteroatoms. The molecule has 0 aliphatic carbocycles. The highest BCUT2D eigenvalue weighted by molar-refractivity contribution is 6.39. The number of carboxylic acid groups (broad SMARTS) is 1. The number of rotatable bonds is 5. The van der Waals surface area contributed by atoms with Gasteiger partial charge in [0.25, 0.3) is 11.8 Å². The van der Waals surface area contributed by atoms with Gasteiger partial charge < -0.3 is 9.84 Å². The van der Waals surface area contributed by atoms with E-state index in [1.54, 1.807) is 25.1 Å². The largest absolute Gasteiger partial charge is 0.493 e. The van der Waals surface area contributed by atoms with Gasteiger partial charge in [-0.1, -0.05) is 6.07 Å². The molecule has 1 fully saturated rings. The van der Waals surface area contributed by atoms with Gasteiger partial charge in [-0.2, -0.15) is 0 Å². The minimum atomic E-state index is -1.16. The Bertz CT molecular complexity index is 1100. The molecule has 2 N–H and O–H groups in total. The van der Waals surface area contributed by atoms with Crippen molar-refractivity contribution in [3.63, 3.8) is 0 Å². The van der Waals surface area contributed by atoms with Gasteiger partial charge in [-0.05, 0) is 68.3 Å². The Balaban J connectivity index is 2.09. The summed E-state index contributed by atoms with van der Waals surface area (Å²) in [7, 11) is 0. The van der Waals surface area contributed by atoms with Gasteiger partial charge in [0, 0.05) is 5.56 Å². The van der Waals surface area contributed by atoms with Crippen LogP contribution >= 0.6 is 0 Å². The van der Waals surface area contributed by atoms with Crippen molar-refractivity contribution in [2.75, 3.05) is 11.5 Å². The Morgan fingerprint density at radius 1 is 1.10 bits per heavy atom. The first-order valence-corrected chi connectivity index (χ1v) is 9.21. The van der Waals surface area contributed by atoms with E-state index in [4.69, 9.17) is 4.74 Å². The normalized spacial score (nSPS) is 15.4. The fourth-order valence-electron chi connectivity index (χ4n) is 2.99. The Labute approximate surface area is 172 Å². The smallest absolute Gasteiger partial charge is 0.335 e. The van der Waals surface area contributed by atoms with Crippen LogP contribution in [-0.4, -0.2) is 35.5 Å². The Kier molecular flexibility index (Phi) is 5.68. The number of nitrogens with zero attached hydrogens (tertiary/aromatic N) is 1. The number of hydrogen-bond acceptors (Lipinski definition) is 5. The molecule has 0 bridgehead atoms. The average Bonchev–Trinajstić information content (AvgIpc) is 2.68. The van der Waals surface area contributed by atoms with E-state index < -0.39 is 23.8 Å². The van der Waals surface area contributed by atoms with Crippen LogP contribution in [0.25, 0.3) is 6.08 Å². The van der Waals surface area contributed by atoms with E-state index in [-0.39, 0.29) is 16.7 Å². The lowest BCUT2D eigenvalue weighted by Crippen LogP contribution is -2.54. The van der Waals surface area contributed by atoms with Crippen molar-refractivity contribution in [2.45, 2.75) is 20.8 Å². The zero-order chi connectivity index (χ0) is 22.0. The van der Waals surface area contributed by atoms with Crippen LogP contribution in [0.15, 0.2) is 42.0 Å². The van der Waals surface area contributed by atoms with Crippen LogP contribution in [0.4, 0.5) is 10.5 Å². The van der Waals surface area contributed by atoms with Crippen molar-refractivity contribution < 1.29 is 29.0 Å². The van der Waals surface area contributed by atoms with Gasteiger partial charge in [-0.25, -0.2) is 14.5 Å². The molecule has 2 aromatic rings. The molecular formula is C22H20N2O6. The first-order valence-electron chi connectivity index (χ1n) is 9.21. The third kappa shape index (κ3) is 3.93. The summed E-state index contributed by atoms with van der Waals surface area (Å²) in [5.41, 5.74) is 2.09. The molecule has 4 amide bonds. The van der Waals surface area contributed by atoms with Crippen LogP contribution < -0.4 is 15.0 Å². The predicted molar refractivity (Wildman–Crippen MR) is 109 cm³/mol. The molecule has 2 aromatic carbocycles. The first-order chi connectivity index (χ1) is 14.2. The Hall–Kier alpha value is -3.94. The van der Waals surface area contributed by atoms with Gasteiger partial charge in [0.05, 0.1) is 17.9 Å². The van der Waals surface area contributed by atoms with Crippen molar-refractivity contribution in [3.8, 4) is 5.75 Å². The average molecular weight is 408 g/mol. The van der Waals surface area contributed by atoms with Crippen LogP contribution in [0, 0.1) is 13.8 Å². The lowest BCUT2D eigenvalue weighted by atomic mass is 10.0. The zero-order valence-electron chi connectivity index (χ0n) is 16.7. The summed E-state index contributed by atoms with van der Waals surface area (Å²) in [6.45, 7) is 5.80. The minimum absolute atomic E-state index is 0.0314. The van der Waals surface area contributed by atoms with Crippen LogP contribution in [0.2, 0.25) is 0 Å². The lowest BCUT2D eigenvalue weighted by Gasteiger charge is -2.27. The number of carbonyl (C=O) groups excluding carboxylic acids is 3. The number of amides is 4. The second-order valence-electron chi connectivity index (χ2n) is 6.72. The summed E-state index contributed by atoms with van der Waals surface area (Å²) in [5, 5.41) is 11.4. The number of urea groups is 1. The molecule has 0 aromatic heterocycles. The van der Waals surface area contributed by atoms with Gasteiger partial charge >= 0.3 is 12.0 Å². The first kappa shape index (κ1) is 20.8. The summed E-state index contributed by atoms with van der Waals surface area (Å²) in [5.74, 6) is -2.53. The molecule has 8 nitrogen and oxygen atoms in total. The maximum atomic E-state index is 13.1. The fraction of sp³-hybridized carbons (Fsp3) is 0.182. The van der Waals surface area contributed by atoms with Crippen LogP contribution in [0.3, 0.4) is 0 Å². The van der Waals surface area contributed by atoms with Crippen LogP contribution in [0.1, 0.15) is 34.0 Å². The van der Waals surface area contributed by atoms with Gasteiger partial charge in [-0.3, -0.25) is 14.9 Å². The summed E-state index contributed by atoms with van der Waals surface area (Å²) in [4.78, 5) is 50.0. The molecule has 1 aliphatic heterocycles. The third-order valence-electron chi connectivity index (χ3n) is 4.71. The van der Waals surface area contributed by atoms with Gasteiger partial charge in [0.1, 0.15) is 11.3 Å². The van der Waals surface area contributed by atoms with E-state index in [2.05, 4.69) is 5.32 Å². The minimum Gasteiger partial charge on any atom is -0.493 e. The predicted octanol–water partition coefficient (Wildman–Crippen LogP) is 3.07. The second kappa shape index (κ2) is 8.20. The molecule has 0 unspecified atom stereocenters. The van der Waals surface area contributed by atoms with E-state index in [1.165, 1.54) is 24.3 Å². The van der Waals surface area contributed by atoms with Crippen molar-refractivity contribution >= 4 is 35.6 Å². The maximum Gasteiger partial charge on any atom is 0.335 e. The van der Waals surface area contributed by atoms with E-state index >= 15 is 0 Å². The molecule has 0 atom stereocenters. The molecule has 1 heterocycles. The number of benzene rings is 2. The Morgan fingerprint density at radius 2 is 1.83 bits per heavy atom. The van der Waals surface area contributed by atoms with E-state index in [1.807, 2.05) is 13.8 Å². The molecular weight excluding hydrogens is 388 g/mol. The monoisotopic (exact) mass is 408 g/mol. The van der Waals surface area contributed by atoms with Gasteiger partial charge in [-0.15, -0.1) is 0 Å². The second-order valence-corrected chi connectivity index (χ2v) is 6.72. The van der Waals surface area contributed by atoms with Crippen molar-refractivity contribution in [1.82, 2.24) is 5.32 Å². The van der Waals surface area contributed by atoms with Crippen molar-refractivity contribution in [2.24, 2.45) is 0 Å². The number of hydrogen-bond donors (Lipinski definition) is 2. The number of imide groups is 2. The molecule has 30 heavy (non-hydrogen) atoms. The molecule has 1 saturated heterocycles. The van der Waals surface area contributed by atoms with Gasteiger partial charge in [0.2, 0.25) is 0 Å². The summed E-state index contributed by atoms with van der Waals surface area (Å²) in [6.07, 6.45) is 1.23. The Morgan fingerprint density at radius 3 is 2.47 bits per heavy atom. The topological polar surface area (TPSA) is 113 Å². The maximum absolute atomic E-state index is 13.1. The molecule has 3 rings (SSSR count).